The molecule has 3 aromatic rings. The van der Waals surface area contributed by atoms with Gasteiger partial charge >= 0.3 is 0 Å². The summed E-state index contributed by atoms with van der Waals surface area (Å²) >= 11 is 0. The summed E-state index contributed by atoms with van der Waals surface area (Å²) in [5.41, 5.74) is 3.45. The van der Waals surface area contributed by atoms with Gasteiger partial charge in [0.1, 0.15) is 17.7 Å². The van der Waals surface area contributed by atoms with Gasteiger partial charge < -0.3 is 19.9 Å². The van der Waals surface area contributed by atoms with E-state index in [0.29, 0.717) is 23.3 Å². The number of amides is 1. The first-order valence-electron chi connectivity index (χ1n) is 9.58. The van der Waals surface area contributed by atoms with Crippen molar-refractivity contribution in [1.82, 2.24) is 29.8 Å². The van der Waals surface area contributed by atoms with Crippen molar-refractivity contribution < 1.29 is 9.90 Å². The number of anilines is 1. The van der Waals surface area contributed by atoms with Gasteiger partial charge in [-0.1, -0.05) is 0 Å². The first-order valence-corrected chi connectivity index (χ1v) is 9.58. The van der Waals surface area contributed by atoms with Crippen molar-refractivity contribution in [2.75, 3.05) is 25.5 Å². The zero-order chi connectivity index (χ0) is 20.8. The molecular formula is C20H25N7O2. The predicted octanol–water partition coefficient (Wildman–Crippen LogP) is 1.21. The molecule has 1 amide bonds. The maximum atomic E-state index is 12.8. The largest absolute Gasteiger partial charge is 0.388 e. The number of hydrogen-bond acceptors (Lipinski definition) is 7. The van der Waals surface area contributed by atoms with Crippen LogP contribution in [0.5, 0.6) is 0 Å². The number of fused-ring (bicyclic) bond motifs is 1. The van der Waals surface area contributed by atoms with Crippen LogP contribution < -0.4 is 10.2 Å². The Morgan fingerprint density at radius 2 is 2.03 bits per heavy atom. The van der Waals surface area contributed by atoms with Gasteiger partial charge in [0.25, 0.3) is 5.91 Å². The topological polar surface area (TPSA) is 109 Å². The number of aliphatic hydroxyl groups is 1. The van der Waals surface area contributed by atoms with E-state index in [-0.39, 0.29) is 12.5 Å². The van der Waals surface area contributed by atoms with Crippen LogP contribution in [0.2, 0.25) is 0 Å². The third-order valence-electron chi connectivity index (χ3n) is 5.24. The lowest BCUT2D eigenvalue weighted by Crippen LogP contribution is -2.33. The molecule has 1 saturated carbocycles. The lowest BCUT2D eigenvalue weighted by atomic mass is 10.2. The molecule has 0 atom stereocenters. The third-order valence-corrected chi connectivity index (χ3v) is 5.24. The number of nitrogens with one attached hydrogen (secondary N) is 1. The molecule has 3 aromatic heterocycles. The summed E-state index contributed by atoms with van der Waals surface area (Å²) in [5.74, 6) is 0.588. The molecule has 0 spiro atoms. The molecule has 0 aliphatic heterocycles. The van der Waals surface area contributed by atoms with Crippen LogP contribution in [-0.4, -0.2) is 61.8 Å². The molecule has 0 aromatic carbocycles. The van der Waals surface area contributed by atoms with Crippen LogP contribution in [0.3, 0.4) is 0 Å². The lowest BCUT2D eigenvalue weighted by molar-refractivity contribution is 0.0897. The SMILES string of the molecule is Cc1cnc2c(C(=O)NCC3(O)CC3)cn(Cc3ncnc(N(C)C)c3C)c2n1. The number of hydrogen-bond donors (Lipinski definition) is 2. The highest BCUT2D eigenvalue weighted by Crippen LogP contribution is 2.34. The zero-order valence-electron chi connectivity index (χ0n) is 17.1. The standard InChI is InChI=1S/C20H25N7O2/c1-12-7-21-16-14(19(28)22-10-20(29)5-6-20)8-27(18(16)25-12)9-15-13(2)17(26(3)4)24-11-23-15/h7-8,11,29H,5-6,9-10H2,1-4H3,(H,22,28). The molecule has 152 valence electrons. The third kappa shape index (κ3) is 3.77. The van der Waals surface area contributed by atoms with E-state index in [9.17, 15) is 9.90 Å². The van der Waals surface area contributed by atoms with Gasteiger partial charge in [0.05, 0.1) is 29.1 Å². The Morgan fingerprint density at radius 3 is 2.72 bits per heavy atom. The molecule has 0 bridgehead atoms. The highest BCUT2D eigenvalue weighted by atomic mass is 16.3. The second-order valence-electron chi connectivity index (χ2n) is 7.92. The molecule has 1 aliphatic carbocycles. The van der Waals surface area contributed by atoms with Gasteiger partial charge in [-0.3, -0.25) is 9.78 Å². The number of nitrogens with zero attached hydrogens (tertiary/aromatic N) is 6. The highest BCUT2D eigenvalue weighted by Gasteiger charge is 2.40. The van der Waals surface area contributed by atoms with Crippen LogP contribution in [-0.2, 0) is 6.54 Å². The Hall–Kier alpha value is -3.07. The van der Waals surface area contributed by atoms with Crippen molar-refractivity contribution in [1.29, 1.82) is 0 Å². The Morgan fingerprint density at radius 1 is 1.28 bits per heavy atom. The van der Waals surface area contributed by atoms with Gasteiger partial charge in [0.2, 0.25) is 0 Å². The van der Waals surface area contributed by atoms with E-state index in [1.807, 2.05) is 37.4 Å². The van der Waals surface area contributed by atoms with E-state index in [1.165, 1.54) is 0 Å². The van der Waals surface area contributed by atoms with Crippen LogP contribution >= 0.6 is 0 Å². The van der Waals surface area contributed by atoms with Crippen LogP contribution in [0.15, 0.2) is 18.7 Å². The van der Waals surface area contributed by atoms with Gasteiger partial charge in [-0.05, 0) is 26.7 Å². The van der Waals surface area contributed by atoms with Crippen LogP contribution in [0, 0.1) is 13.8 Å². The summed E-state index contributed by atoms with van der Waals surface area (Å²) in [6.07, 6.45) is 6.39. The maximum absolute atomic E-state index is 12.8. The first-order chi connectivity index (χ1) is 13.8. The van der Waals surface area contributed by atoms with E-state index in [0.717, 1.165) is 35.6 Å². The van der Waals surface area contributed by atoms with Crippen molar-refractivity contribution in [3.05, 3.63) is 41.2 Å². The van der Waals surface area contributed by atoms with E-state index >= 15 is 0 Å². The van der Waals surface area contributed by atoms with Gasteiger partial charge in [-0.15, -0.1) is 0 Å². The quantitative estimate of drug-likeness (QED) is 0.646. The van der Waals surface area contributed by atoms with Crippen molar-refractivity contribution in [3.8, 4) is 0 Å². The van der Waals surface area contributed by atoms with Crippen molar-refractivity contribution in [3.63, 3.8) is 0 Å². The molecule has 1 aliphatic rings. The average Bonchev–Trinajstić information content (AvgIpc) is 3.32. The molecule has 0 unspecified atom stereocenters. The highest BCUT2D eigenvalue weighted by molar-refractivity contribution is 6.04. The van der Waals surface area contributed by atoms with E-state index in [4.69, 9.17) is 0 Å². The Labute approximate surface area is 168 Å². The molecule has 1 fully saturated rings. The number of aromatic nitrogens is 5. The van der Waals surface area contributed by atoms with Crippen molar-refractivity contribution in [2.45, 2.75) is 38.8 Å². The molecular weight excluding hydrogens is 370 g/mol. The fraction of sp³-hybridized carbons (Fsp3) is 0.450. The predicted molar refractivity (Wildman–Crippen MR) is 109 cm³/mol. The second-order valence-corrected chi connectivity index (χ2v) is 7.92. The molecule has 9 nitrogen and oxygen atoms in total. The minimum atomic E-state index is -0.753. The molecule has 0 radical (unpaired) electrons. The molecule has 29 heavy (non-hydrogen) atoms. The summed E-state index contributed by atoms with van der Waals surface area (Å²) < 4.78 is 1.89. The minimum absolute atomic E-state index is 0.245. The average molecular weight is 395 g/mol. The number of rotatable bonds is 6. The molecule has 9 heteroatoms. The maximum Gasteiger partial charge on any atom is 0.255 e. The van der Waals surface area contributed by atoms with Crippen molar-refractivity contribution in [2.24, 2.45) is 0 Å². The van der Waals surface area contributed by atoms with Crippen molar-refractivity contribution >= 4 is 22.9 Å². The fourth-order valence-electron chi connectivity index (χ4n) is 3.33. The van der Waals surface area contributed by atoms with Crippen LogP contribution in [0.25, 0.3) is 11.2 Å². The van der Waals surface area contributed by atoms with Crippen LogP contribution in [0.1, 0.15) is 40.2 Å². The van der Waals surface area contributed by atoms with Crippen LogP contribution in [0.4, 0.5) is 5.82 Å². The molecule has 3 heterocycles. The lowest BCUT2D eigenvalue weighted by Gasteiger charge is -2.16. The normalized spacial score (nSPS) is 14.8. The number of carbonyl (C=O) groups is 1. The van der Waals surface area contributed by atoms with Gasteiger partial charge in [-0.2, -0.15) is 0 Å². The molecule has 4 rings (SSSR count). The monoisotopic (exact) mass is 395 g/mol. The van der Waals surface area contributed by atoms with E-state index < -0.39 is 5.60 Å². The smallest absolute Gasteiger partial charge is 0.255 e. The molecule has 2 N–H and O–H groups in total. The number of carbonyl (C=O) groups excluding carboxylic acids is 1. The second kappa shape index (κ2) is 7.07. The van der Waals surface area contributed by atoms with E-state index in [1.54, 1.807) is 18.7 Å². The summed E-state index contributed by atoms with van der Waals surface area (Å²) in [5, 5.41) is 12.8. The molecule has 0 saturated heterocycles. The summed E-state index contributed by atoms with van der Waals surface area (Å²) in [6, 6.07) is 0. The van der Waals surface area contributed by atoms with Gasteiger partial charge in [-0.25, -0.2) is 15.0 Å². The summed E-state index contributed by atoms with van der Waals surface area (Å²) in [4.78, 5) is 32.5. The van der Waals surface area contributed by atoms with E-state index in [2.05, 4.69) is 25.3 Å². The van der Waals surface area contributed by atoms with Gasteiger partial charge in [0.15, 0.2) is 5.65 Å². The fourth-order valence-corrected chi connectivity index (χ4v) is 3.33. The number of aryl methyl sites for hydroxylation is 1. The minimum Gasteiger partial charge on any atom is -0.388 e. The van der Waals surface area contributed by atoms with Gasteiger partial charge in [0, 0.05) is 38.6 Å². The Bertz CT molecular complexity index is 1090. The zero-order valence-corrected chi connectivity index (χ0v) is 17.1. The summed E-state index contributed by atoms with van der Waals surface area (Å²) in [6.45, 7) is 4.54. The Balaban J connectivity index is 1.70. The summed E-state index contributed by atoms with van der Waals surface area (Å²) in [7, 11) is 3.88. The first kappa shape index (κ1) is 19.3. The Kier molecular flexibility index (Phi) is 4.70.